The van der Waals surface area contributed by atoms with Crippen molar-refractivity contribution in [2.24, 2.45) is 11.7 Å². The number of pyridine rings is 1. The highest BCUT2D eigenvalue weighted by Crippen LogP contribution is 2.34. The Kier molecular flexibility index (Phi) is 14.5. The van der Waals surface area contributed by atoms with Crippen LogP contribution in [0.2, 0.25) is 0 Å². The molecule has 1 aliphatic heterocycles. The van der Waals surface area contributed by atoms with Crippen molar-refractivity contribution in [3.05, 3.63) is 30.0 Å². The van der Waals surface area contributed by atoms with Crippen LogP contribution < -0.4 is 15.8 Å². The number of aromatic nitrogens is 1. The van der Waals surface area contributed by atoms with Gasteiger partial charge in [0.2, 0.25) is 0 Å². The zero-order valence-electron chi connectivity index (χ0n) is 23.1. The zero-order chi connectivity index (χ0) is 27.1. The quantitative estimate of drug-likeness (QED) is 0.337. The molecule has 8 heteroatoms. The lowest BCUT2D eigenvalue weighted by molar-refractivity contribution is -0.106. The lowest BCUT2D eigenvalue weighted by Crippen LogP contribution is -2.23. The Hall–Kier alpha value is -2.32. The molecule has 0 saturated heterocycles. The first-order valence-corrected chi connectivity index (χ1v) is 13.7. The third-order valence-electron chi connectivity index (χ3n) is 5.58. The highest BCUT2D eigenvalue weighted by Gasteiger charge is 2.24. The van der Waals surface area contributed by atoms with Crippen LogP contribution in [0.4, 0.5) is 10.5 Å². The maximum atomic E-state index is 11.5. The van der Waals surface area contributed by atoms with Crippen molar-refractivity contribution in [1.82, 2.24) is 4.98 Å². The summed E-state index contributed by atoms with van der Waals surface area (Å²) in [5, 5.41) is 4.93. The number of nitrogens with two attached hydrogens (primary N) is 1. The summed E-state index contributed by atoms with van der Waals surface area (Å²) in [6.45, 7) is 13.2. The normalized spacial score (nSPS) is 18.2. The van der Waals surface area contributed by atoms with Gasteiger partial charge >= 0.3 is 5.30 Å². The van der Waals surface area contributed by atoms with Gasteiger partial charge in [0.25, 0.3) is 0 Å². The minimum absolute atomic E-state index is 0.109. The van der Waals surface area contributed by atoms with Crippen LogP contribution >= 0.6 is 11.8 Å². The number of hydrogen-bond donors (Lipinski definition) is 2. The number of fused-ring (bicyclic) bond motifs is 3. The van der Waals surface area contributed by atoms with Crippen molar-refractivity contribution in [1.29, 1.82) is 0 Å². The van der Waals surface area contributed by atoms with Gasteiger partial charge in [-0.15, -0.1) is 0 Å². The van der Waals surface area contributed by atoms with Gasteiger partial charge in [-0.2, -0.15) is 0 Å². The number of ether oxygens (including phenoxy) is 2. The highest BCUT2D eigenvalue weighted by molar-refractivity contribution is 8.13. The smallest absolute Gasteiger partial charge is 0.368 e. The van der Waals surface area contributed by atoms with E-state index in [0.717, 1.165) is 60.4 Å². The number of benzene rings is 1. The summed E-state index contributed by atoms with van der Waals surface area (Å²) < 4.78 is 10.9. The Labute approximate surface area is 221 Å². The average Bonchev–Trinajstić information content (AvgIpc) is 2.86. The SMILES string of the molecule is CC1CCC(SC(=O)OC(C)(C)C)CC1.CC=O.CCc1ccc2ncc3c(c2c1)NCCO3.CN. The number of aldehydes is 1. The Morgan fingerprint density at radius 1 is 1.25 bits per heavy atom. The maximum absolute atomic E-state index is 11.5. The van der Waals surface area contributed by atoms with Crippen molar-refractivity contribution >= 4 is 39.9 Å². The van der Waals surface area contributed by atoms with Crippen LogP contribution in [0.1, 0.15) is 72.8 Å². The molecule has 1 aromatic heterocycles. The number of carbonyl (C=O) groups excluding carboxylic acids is 2. The summed E-state index contributed by atoms with van der Waals surface area (Å²) >= 11 is 1.39. The fraction of sp³-hybridized carbons (Fsp3) is 0.607. The number of nitrogens with zero attached hydrogens (tertiary/aromatic N) is 1. The van der Waals surface area contributed by atoms with E-state index in [-0.39, 0.29) is 10.9 Å². The lowest BCUT2D eigenvalue weighted by Gasteiger charge is -2.26. The van der Waals surface area contributed by atoms with E-state index in [1.165, 1.54) is 44.1 Å². The van der Waals surface area contributed by atoms with E-state index in [1.54, 1.807) is 6.20 Å². The third-order valence-corrected chi connectivity index (χ3v) is 6.66. The molecule has 0 bridgehead atoms. The van der Waals surface area contributed by atoms with Crippen LogP contribution in [0, 0.1) is 5.92 Å². The van der Waals surface area contributed by atoms with E-state index in [1.807, 2.05) is 20.8 Å². The Morgan fingerprint density at radius 3 is 2.47 bits per heavy atom. The predicted octanol–water partition coefficient (Wildman–Crippen LogP) is 6.62. The number of hydrogen-bond acceptors (Lipinski definition) is 8. The van der Waals surface area contributed by atoms with E-state index >= 15 is 0 Å². The van der Waals surface area contributed by atoms with Crippen molar-refractivity contribution in [3.63, 3.8) is 0 Å². The van der Waals surface area contributed by atoms with Crippen LogP contribution in [0.25, 0.3) is 10.9 Å². The monoisotopic (exact) mass is 519 g/mol. The van der Waals surface area contributed by atoms with Gasteiger partial charge in [0.05, 0.1) is 17.4 Å². The number of nitrogens with one attached hydrogen (secondary N) is 1. The molecule has 2 heterocycles. The summed E-state index contributed by atoms with van der Waals surface area (Å²) in [6.07, 6.45) is 8.41. The van der Waals surface area contributed by atoms with Gasteiger partial charge in [-0.25, -0.2) is 4.79 Å². The molecule has 7 nitrogen and oxygen atoms in total. The first-order chi connectivity index (χ1) is 17.2. The zero-order valence-corrected chi connectivity index (χ0v) is 23.9. The minimum atomic E-state index is -0.355. The summed E-state index contributed by atoms with van der Waals surface area (Å²) in [5.41, 5.74) is 7.59. The second-order valence-corrected chi connectivity index (χ2v) is 10.9. The lowest BCUT2D eigenvalue weighted by atomic mass is 9.91. The maximum Gasteiger partial charge on any atom is 0.368 e. The van der Waals surface area contributed by atoms with Gasteiger partial charge in [-0.3, -0.25) is 4.98 Å². The van der Waals surface area contributed by atoms with Gasteiger partial charge in [0.15, 0.2) is 5.75 Å². The molecule has 36 heavy (non-hydrogen) atoms. The molecule has 1 aliphatic carbocycles. The van der Waals surface area contributed by atoms with E-state index in [2.05, 4.69) is 48.1 Å². The molecule has 1 saturated carbocycles. The molecule has 1 fully saturated rings. The molecule has 0 spiro atoms. The van der Waals surface area contributed by atoms with Crippen LogP contribution in [0.15, 0.2) is 24.4 Å². The van der Waals surface area contributed by atoms with E-state index in [4.69, 9.17) is 14.3 Å². The van der Waals surface area contributed by atoms with Crippen molar-refractivity contribution in [2.45, 2.75) is 84.5 Å². The van der Waals surface area contributed by atoms with Crippen molar-refractivity contribution in [3.8, 4) is 5.75 Å². The van der Waals surface area contributed by atoms with Gasteiger partial charge < -0.3 is 25.3 Å². The molecule has 4 rings (SSSR count). The Balaban J connectivity index is 0.000000307. The number of thioether (sulfide) groups is 1. The fourth-order valence-electron chi connectivity index (χ4n) is 3.83. The molecule has 0 radical (unpaired) electrons. The van der Waals surface area contributed by atoms with Gasteiger partial charge in [0.1, 0.15) is 18.5 Å². The second-order valence-electron chi connectivity index (χ2n) is 9.68. The summed E-state index contributed by atoms with van der Waals surface area (Å²) in [5.74, 6) is 1.70. The predicted molar refractivity (Wildman–Crippen MR) is 152 cm³/mol. The third kappa shape index (κ3) is 11.2. The molecule has 0 unspecified atom stereocenters. The first kappa shape index (κ1) is 31.7. The second kappa shape index (κ2) is 16.4. The summed E-state index contributed by atoms with van der Waals surface area (Å²) in [6, 6.07) is 6.40. The topological polar surface area (TPSA) is 104 Å². The summed E-state index contributed by atoms with van der Waals surface area (Å²) in [7, 11) is 1.50. The van der Waals surface area contributed by atoms with Crippen LogP contribution in [0.3, 0.4) is 0 Å². The van der Waals surface area contributed by atoms with Crippen LogP contribution in [0.5, 0.6) is 5.75 Å². The van der Waals surface area contributed by atoms with Gasteiger partial charge in [-0.05, 0) is 102 Å². The molecular formula is C28H45N3O4S. The molecule has 1 aromatic carbocycles. The molecule has 202 valence electrons. The van der Waals surface area contributed by atoms with E-state index in [9.17, 15) is 4.79 Å². The molecular weight excluding hydrogens is 474 g/mol. The average molecular weight is 520 g/mol. The number of carbonyl (C=O) groups is 2. The first-order valence-electron chi connectivity index (χ1n) is 12.8. The molecule has 2 aromatic rings. The largest absolute Gasteiger partial charge is 0.488 e. The molecule has 0 atom stereocenters. The van der Waals surface area contributed by atoms with Gasteiger partial charge in [-0.1, -0.05) is 19.9 Å². The minimum Gasteiger partial charge on any atom is -0.488 e. The highest BCUT2D eigenvalue weighted by atomic mass is 32.2. The van der Waals surface area contributed by atoms with Crippen molar-refractivity contribution in [2.75, 3.05) is 25.5 Å². The van der Waals surface area contributed by atoms with Crippen LogP contribution in [-0.4, -0.2) is 47.6 Å². The van der Waals surface area contributed by atoms with E-state index in [0.29, 0.717) is 11.9 Å². The molecule has 2 aliphatic rings. The van der Waals surface area contributed by atoms with Crippen molar-refractivity contribution < 1.29 is 19.1 Å². The Bertz CT molecular complexity index is 933. The number of aryl methyl sites for hydroxylation is 1. The standard InChI is InChI=1S/C13H14N2O.C12H22O2S.C2H4O.CH5N/c1-2-9-3-4-11-10(7-9)13-12(8-15-11)16-6-5-14-13;1-9-5-7-10(8-6-9)15-11(13)14-12(2,3)4;1-2-3;1-2/h3-4,7-8,14H,2,5-6H2,1H3;9-10H,5-8H2,1-4H3;2H,1H3;2H2,1H3. The summed E-state index contributed by atoms with van der Waals surface area (Å²) in [4.78, 5) is 24.8. The van der Waals surface area contributed by atoms with Gasteiger partial charge in [0, 0.05) is 17.2 Å². The van der Waals surface area contributed by atoms with Crippen LogP contribution in [-0.2, 0) is 16.0 Å². The number of rotatable bonds is 2. The van der Waals surface area contributed by atoms with E-state index < -0.39 is 0 Å². The number of anilines is 1. The Morgan fingerprint density at radius 2 is 1.89 bits per heavy atom. The molecule has 0 amide bonds. The fourth-order valence-corrected chi connectivity index (χ4v) is 4.91. The molecule has 3 N–H and O–H groups in total.